The first-order valence-corrected chi connectivity index (χ1v) is 6.23. The fourth-order valence-electron chi connectivity index (χ4n) is 2.18. The lowest BCUT2D eigenvalue weighted by Crippen LogP contribution is -2.22. The summed E-state index contributed by atoms with van der Waals surface area (Å²) in [6, 6.07) is 4.26. The highest BCUT2D eigenvalue weighted by molar-refractivity contribution is 5.27. The largest absolute Gasteiger partial charge is 0.316 e. The molecule has 0 aromatic heterocycles. The monoisotopic (exact) mass is 239 g/mol. The van der Waals surface area contributed by atoms with Crippen LogP contribution in [0.1, 0.15) is 31.7 Å². The Hall–Kier alpha value is -0.960. The first kappa shape index (κ1) is 12.5. The summed E-state index contributed by atoms with van der Waals surface area (Å²) in [6.45, 7) is 6.34. The number of halogens is 2. The van der Waals surface area contributed by atoms with Crippen molar-refractivity contribution in [2.24, 2.45) is 11.8 Å². The van der Waals surface area contributed by atoms with Crippen LogP contribution in [0.3, 0.4) is 0 Å². The second-order valence-corrected chi connectivity index (χ2v) is 5.33. The van der Waals surface area contributed by atoms with E-state index in [0.717, 1.165) is 25.1 Å². The molecule has 1 fully saturated rings. The van der Waals surface area contributed by atoms with Crippen LogP contribution in [0.15, 0.2) is 18.2 Å². The molecule has 17 heavy (non-hydrogen) atoms. The Morgan fingerprint density at radius 2 is 2.06 bits per heavy atom. The summed E-state index contributed by atoms with van der Waals surface area (Å²) in [5.74, 6) is 0.144. The minimum absolute atomic E-state index is 0.407. The number of nitrogens with one attached hydrogen (secondary N) is 1. The molecule has 3 heteroatoms. The summed E-state index contributed by atoms with van der Waals surface area (Å²) >= 11 is 0. The van der Waals surface area contributed by atoms with Crippen molar-refractivity contribution in [2.45, 2.75) is 26.2 Å². The van der Waals surface area contributed by atoms with E-state index in [1.807, 2.05) is 0 Å². The zero-order valence-corrected chi connectivity index (χ0v) is 10.3. The lowest BCUT2D eigenvalue weighted by molar-refractivity contribution is 0.506. The van der Waals surface area contributed by atoms with Crippen LogP contribution in [-0.2, 0) is 0 Å². The van der Waals surface area contributed by atoms with Gasteiger partial charge in [0, 0.05) is 0 Å². The molecule has 0 aliphatic heterocycles. The third-order valence-corrected chi connectivity index (χ3v) is 3.25. The van der Waals surface area contributed by atoms with Crippen molar-refractivity contribution in [3.63, 3.8) is 0 Å². The predicted molar refractivity (Wildman–Crippen MR) is 64.9 cm³/mol. The normalized spacial score (nSPS) is 23.1. The highest BCUT2D eigenvalue weighted by Gasteiger charge is 2.37. The molecular formula is C14H19F2N. The van der Waals surface area contributed by atoms with E-state index in [9.17, 15) is 8.78 Å². The van der Waals surface area contributed by atoms with Crippen molar-refractivity contribution in [2.75, 3.05) is 13.1 Å². The van der Waals surface area contributed by atoms with Gasteiger partial charge >= 0.3 is 0 Å². The Kier molecular flexibility index (Phi) is 3.77. The van der Waals surface area contributed by atoms with Crippen LogP contribution in [-0.4, -0.2) is 13.1 Å². The van der Waals surface area contributed by atoms with E-state index < -0.39 is 11.6 Å². The van der Waals surface area contributed by atoms with Gasteiger partial charge in [0.15, 0.2) is 11.6 Å². The molecule has 94 valence electrons. The third kappa shape index (κ3) is 3.25. The van der Waals surface area contributed by atoms with Crippen molar-refractivity contribution in [3.8, 4) is 0 Å². The predicted octanol–water partition coefficient (Wildman–Crippen LogP) is 3.31. The number of rotatable bonds is 5. The van der Waals surface area contributed by atoms with Gasteiger partial charge < -0.3 is 5.32 Å². The standard InChI is InChI=1S/C14H19F2N/c1-9(2)7-17-8-11-5-12(11)10-3-4-13(15)14(16)6-10/h3-4,6,9,11-12,17H,5,7-8H2,1-2H3. The van der Waals surface area contributed by atoms with E-state index in [-0.39, 0.29) is 0 Å². The van der Waals surface area contributed by atoms with Crippen LogP contribution in [0.2, 0.25) is 0 Å². The molecule has 2 atom stereocenters. The van der Waals surface area contributed by atoms with E-state index in [2.05, 4.69) is 19.2 Å². The van der Waals surface area contributed by atoms with Crippen LogP contribution >= 0.6 is 0 Å². The van der Waals surface area contributed by atoms with Crippen molar-refractivity contribution < 1.29 is 8.78 Å². The molecule has 1 aliphatic carbocycles. The van der Waals surface area contributed by atoms with E-state index >= 15 is 0 Å². The maximum Gasteiger partial charge on any atom is 0.159 e. The van der Waals surface area contributed by atoms with Gasteiger partial charge in [-0.1, -0.05) is 19.9 Å². The quantitative estimate of drug-likeness (QED) is 0.831. The zero-order valence-electron chi connectivity index (χ0n) is 10.3. The van der Waals surface area contributed by atoms with E-state index in [1.54, 1.807) is 6.07 Å². The smallest absolute Gasteiger partial charge is 0.159 e. The molecule has 1 aliphatic rings. The fraction of sp³-hybridized carbons (Fsp3) is 0.571. The number of hydrogen-bond donors (Lipinski definition) is 1. The van der Waals surface area contributed by atoms with Crippen LogP contribution in [0.5, 0.6) is 0 Å². The summed E-state index contributed by atoms with van der Waals surface area (Å²) < 4.78 is 25.8. The second kappa shape index (κ2) is 5.13. The summed E-state index contributed by atoms with van der Waals surface area (Å²) in [5.41, 5.74) is 0.931. The Morgan fingerprint density at radius 3 is 2.71 bits per heavy atom. The van der Waals surface area contributed by atoms with Crippen LogP contribution < -0.4 is 5.32 Å². The van der Waals surface area contributed by atoms with Crippen molar-refractivity contribution >= 4 is 0 Å². The highest BCUT2D eigenvalue weighted by Crippen LogP contribution is 2.47. The van der Waals surface area contributed by atoms with Gasteiger partial charge in [0.25, 0.3) is 0 Å². The number of hydrogen-bond acceptors (Lipinski definition) is 1. The summed E-state index contributed by atoms with van der Waals surface area (Å²) in [7, 11) is 0. The van der Waals surface area contributed by atoms with Crippen LogP contribution in [0.25, 0.3) is 0 Å². The van der Waals surface area contributed by atoms with Gasteiger partial charge in [-0.15, -0.1) is 0 Å². The second-order valence-electron chi connectivity index (χ2n) is 5.33. The van der Waals surface area contributed by atoms with E-state index in [4.69, 9.17) is 0 Å². The Balaban J connectivity index is 1.83. The number of benzene rings is 1. The van der Waals surface area contributed by atoms with Gasteiger partial charge in [-0.25, -0.2) is 8.78 Å². The van der Waals surface area contributed by atoms with Crippen molar-refractivity contribution in [1.82, 2.24) is 5.32 Å². The molecule has 2 rings (SSSR count). The lowest BCUT2D eigenvalue weighted by atomic mass is 10.1. The highest BCUT2D eigenvalue weighted by atomic mass is 19.2. The summed E-state index contributed by atoms with van der Waals surface area (Å²) in [5, 5.41) is 3.40. The molecule has 1 aromatic rings. The molecule has 1 saturated carbocycles. The molecule has 1 N–H and O–H groups in total. The SMILES string of the molecule is CC(C)CNCC1CC1c1ccc(F)c(F)c1. The minimum atomic E-state index is -0.760. The molecule has 0 spiro atoms. The summed E-state index contributed by atoms with van der Waals surface area (Å²) in [4.78, 5) is 0. The maximum absolute atomic E-state index is 13.1. The average Bonchev–Trinajstić information content (AvgIpc) is 3.01. The van der Waals surface area contributed by atoms with Crippen molar-refractivity contribution in [3.05, 3.63) is 35.4 Å². The van der Waals surface area contributed by atoms with Crippen LogP contribution in [0.4, 0.5) is 8.78 Å². The van der Waals surface area contributed by atoms with Gasteiger partial charge in [-0.2, -0.15) is 0 Å². The third-order valence-electron chi connectivity index (χ3n) is 3.25. The molecule has 0 amide bonds. The molecule has 2 unspecified atom stereocenters. The molecule has 1 aromatic carbocycles. The molecule has 0 saturated heterocycles. The lowest BCUT2D eigenvalue weighted by Gasteiger charge is -2.07. The Bertz CT molecular complexity index is 390. The molecular weight excluding hydrogens is 220 g/mol. The van der Waals surface area contributed by atoms with E-state index in [1.165, 1.54) is 12.1 Å². The molecule has 0 heterocycles. The summed E-state index contributed by atoms with van der Waals surface area (Å²) in [6.07, 6.45) is 1.08. The van der Waals surface area contributed by atoms with Gasteiger partial charge in [0.05, 0.1) is 0 Å². The maximum atomic E-state index is 13.1. The minimum Gasteiger partial charge on any atom is -0.316 e. The average molecular weight is 239 g/mol. The molecule has 1 nitrogen and oxygen atoms in total. The zero-order chi connectivity index (χ0) is 12.4. The van der Waals surface area contributed by atoms with E-state index in [0.29, 0.717) is 17.8 Å². The van der Waals surface area contributed by atoms with Crippen LogP contribution in [0, 0.1) is 23.5 Å². The van der Waals surface area contributed by atoms with Gasteiger partial charge in [0.2, 0.25) is 0 Å². The van der Waals surface area contributed by atoms with Gasteiger partial charge in [-0.05, 0) is 55.0 Å². The first-order chi connectivity index (χ1) is 8.08. The Morgan fingerprint density at radius 1 is 1.29 bits per heavy atom. The van der Waals surface area contributed by atoms with Gasteiger partial charge in [0.1, 0.15) is 0 Å². The first-order valence-electron chi connectivity index (χ1n) is 6.23. The Labute approximate surface area is 101 Å². The fourth-order valence-corrected chi connectivity index (χ4v) is 2.18. The molecule has 0 bridgehead atoms. The van der Waals surface area contributed by atoms with Crippen molar-refractivity contribution in [1.29, 1.82) is 0 Å². The molecule has 0 radical (unpaired) electrons. The topological polar surface area (TPSA) is 12.0 Å². The van der Waals surface area contributed by atoms with Gasteiger partial charge in [-0.3, -0.25) is 0 Å².